The molecule has 0 aliphatic carbocycles. The fourth-order valence-electron chi connectivity index (χ4n) is 2.04. The van der Waals surface area contributed by atoms with E-state index in [1.807, 2.05) is 12.1 Å². The van der Waals surface area contributed by atoms with Gasteiger partial charge >= 0.3 is 0 Å². The number of amides is 1. The number of unbranched alkanes of at least 4 members (excludes halogenated alkanes) is 1. The van der Waals surface area contributed by atoms with Gasteiger partial charge in [-0.25, -0.2) is 0 Å². The predicted octanol–water partition coefficient (Wildman–Crippen LogP) is 2.55. The van der Waals surface area contributed by atoms with Gasteiger partial charge in [0, 0.05) is 49.9 Å². The van der Waals surface area contributed by atoms with Gasteiger partial charge in [0.25, 0.3) is 5.91 Å². The molecule has 6 nitrogen and oxygen atoms in total. The molecule has 140 valence electrons. The largest absolute Gasteiger partial charge is 0.381 e. The lowest BCUT2D eigenvalue weighted by Crippen LogP contribution is -2.42. The highest BCUT2D eigenvalue weighted by Gasteiger charge is 2.05. The van der Waals surface area contributed by atoms with E-state index in [4.69, 9.17) is 4.74 Å². The highest BCUT2D eigenvalue weighted by Crippen LogP contribution is 2.11. The van der Waals surface area contributed by atoms with Crippen LogP contribution < -0.4 is 16.0 Å². The standard InChI is InChI=1S/C18H29BrN4O2/c1-3-4-12-25-13-6-9-22-18(20-2)23-11-10-21-17(24)15-7-5-8-16(19)14-15/h5,7-8,14H,3-4,6,9-13H2,1-2H3,(H,21,24)(H2,20,22,23). The molecule has 1 aromatic carbocycles. The number of carbonyl (C=O) groups excluding carboxylic acids is 1. The normalized spacial score (nSPS) is 11.2. The third kappa shape index (κ3) is 10.1. The van der Waals surface area contributed by atoms with Crippen molar-refractivity contribution in [3.05, 3.63) is 34.3 Å². The Morgan fingerprint density at radius 1 is 1.12 bits per heavy atom. The van der Waals surface area contributed by atoms with E-state index in [-0.39, 0.29) is 5.91 Å². The second kappa shape index (κ2) is 13.7. The van der Waals surface area contributed by atoms with E-state index in [0.717, 1.165) is 49.5 Å². The Morgan fingerprint density at radius 3 is 2.56 bits per heavy atom. The summed E-state index contributed by atoms with van der Waals surface area (Å²) in [4.78, 5) is 16.2. The fourth-order valence-corrected chi connectivity index (χ4v) is 2.44. The van der Waals surface area contributed by atoms with Crippen molar-refractivity contribution in [3.63, 3.8) is 0 Å². The Hall–Kier alpha value is -1.60. The molecule has 0 atom stereocenters. The summed E-state index contributed by atoms with van der Waals surface area (Å²) in [6, 6.07) is 7.32. The van der Waals surface area contributed by atoms with E-state index in [1.165, 1.54) is 0 Å². The molecule has 1 amide bonds. The van der Waals surface area contributed by atoms with Crippen LogP contribution in [-0.2, 0) is 4.74 Å². The van der Waals surface area contributed by atoms with Crippen LogP contribution in [0.4, 0.5) is 0 Å². The predicted molar refractivity (Wildman–Crippen MR) is 106 cm³/mol. The molecule has 7 heteroatoms. The fraction of sp³-hybridized carbons (Fsp3) is 0.556. The van der Waals surface area contributed by atoms with Crippen molar-refractivity contribution in [1.82, 2.24) is 16.0 Å². The molecular formula is C18H29BrN4O2. The van der Waals surface area contributed by atoms with Crippen LogP contribution in [0, 0.1) is 0 Å². The first kappa shape index (κ1) is 21.4. The number of rotatable bonds is 11. The Balaban J connectivity index is 2.11. The second-order valence-electron chi connectivity index (χ2n) is 5.51. The average Bonchev–Trinajstić information content (AvgIpc) is 2.62. The molecule has 0 aromatic heterocycles. The van der Waals surface area contributed by atoms with Crippen LogP contribution >= 0.6 is 15.9 Å². The molecule has 0 heterocycles. The third-order valence-electron chi connectivity index (χ3n) is 3.41. The number of hydrogen-bond acceptors (Lipinski definition) is 3. The van der Waals surface area contributed by atoms with Gasteiger partial charge in [-0.2, -0.15) is 0 Å². The summed E-state index contributed by atoms with van der Waals surface area (Å²) in [6.45, 7) is 5.67. The Kier molecular flexibility index (Phi) is 11.7. The smallest absolute Gasteiger partial charge is 0.251 e. The Bertz CT molecular complexity index is 538. The van der Waals surface area contributed by atoms with Crippen molar-refractivity contribution in [1.29, 1.82) is 0 Å². The minimum absolute atomic E-state index is 0.0877. The van der Waals surface area contributed by atoms with E-state index in [9.17, 15) is 4.79 Å². The van der Waals surface area contributed by atoms with Gasteiger partial charge in [0.1, 0.15) is 0 Å². The second-order valence-corrected chi connectivity index (χ2v) is 6.43. The minimum atomic E-state index is -0.0877. The molecular weight excluding hydrogens is 384 g/mol. The van der Waals surface area contributed by atoms with Crippen LogP contribution in [0.1, 0.15) is 36.5 Å². The molecule has 0 saturated heterocycles. The maximum atomic E-state index is 12.0. The highest BCUT2D eigenvalue weighted by atomic mass is 79.9. The zero-order valence-corrected chi connectivity index (χ0v) is 16.7. The summed E-state index contributed by atoms with van der Waals surface area (Å²) in [5, 5.41) is 9.28. The first-order valence-electron chi connectivity index (χ1n) is 8.73. The topological polar surface area (TPSA) is 74.8 Å². The van der Waals surface area contributed by atoms with Gasteiger partial charge in [-0.05, 0) is 31.0 Å². The molecule has 1 rings (SSSR count). The number of hydrogen-bond donors (Lipinski definition) is 3. The molecule has 0 aliphatic heterocycles. The molecule has 0 saturated carbocycles. The highest BCUT2D eigenvalue weighted by molar-refractivity contribution is 9.10. The molecule has 0 radical (unpaired) electrons. The summed E-state index contributed by atoms with van der Waals surface area (Å²) >= 11 is 3.36. The number of halogens is 1. The van der Waals surface area contributed by atoms with Gasteiger partial charge in [0.05, 0.1) is 0 Å². The first-order valence-corrected chi connectivity index (χ1v) is 9.52. The van der Waals surface area contributed by atoms with Crippen LogP contribution in [0.15, 0.2) is 33.7 Å². The van der Waals surface area contributed by atoms with Gasteiger partial charge in [-0.1, -0.05) is 35.3 Å². The number of nitrogens with one attached hydrogen (secondary N) is 3. The molecule has 0 aliphatic rings. The zero-order chi connectivity index (χ0) is 18.3. The summed E-state index contributed by atoms with van der Waals surface area (Å²) < 4.78 is 6.40. The first-order chi connectivity index (χ1) is 12.2. The lowest BCUT2D eigenvalue weighted by Gasteiger charge is -2.12. The maximum Gasteiger partial charge on any atom is 0.251 e. The molecule has 25 heavy (non-hydrogen) atoms. The molecule has 0 bridgehead atoms. The van der Waals surface area contributed by atoms with Crippen molar-refractivity contribution in [2.24, 2.45) is 4.99 Å². The average molecular weight is 413 g/mol. The van der Waals surface area contributed by atoms with Crippen LogP contribution in [0.2, 0.25) is 0 Å². The summed E-state index contributed by atoms with van der Waals surface area (Å²) in [5.74, 6) is 0.639. The van der Waals surface area contributed by atoms with E-state index in [0.29, 0.717) is 18.7 Å². The SMILES string of the molecule is CCCCOCCCNC(=NC)NCCNC(=O)c1cccc(Br)c1. The van der Waals surface area contributed by atoms with E-state index in [2.05, 4.69) is 43.8 Å². The van der Waals surface area contributed by atoms with E-state index >= 15 is 0 Å². The summed E-state index contributed by atoms with van der Waals surface area (Å²) in [5.41, 5.74) is 0.639. The number of carbonyl (C=O) groups is 1. The number of guanidine groups is 1. The molecule has 0 unspecified atom stereocenters. The van der Waals surface area contributed by atoms with Crippen LogP contribution in [-0.4, -0.2) is 51.8 Å². The number of ether oxygens (including phenoxy) is 1. The lowest BCUT2D eigenvalue weighted by molar-refractivity contribution is 0.0954. The summed E-state index contributed by atoms with van der Waals surface area (Å²) in [7, 11) is 1.73. The van der Waals surface area contributed by atoms with Crippen molar-refractivity contribution < 1.29 is 9.53 Å². The van der Waals surface area contributed by atoms with Gasteiger partial charge < -0.3 is 20.7 Å². The molecule has 0 fully saturated rings. The van der Waals surface area contributed by atoms with E-state index < -0.39 is 0 Å². The van der Waals surface area contributed by atoms with Gasteiger partial charge in [0.2, 0.25) is 0 Å². The Morgan fingerprint density at radius 2 is 1.84 bits per heavy atom. The van der Waals surface area contributed by atoms with Crippen molar-refractivity contribution >= 4 is 27.8 Å². The van der Waals surface area contributed by atoms with Crippen molar-refractivity contribution in [3.8, 4) is 0 Å². The molecule has 0 spiro atoms. The van der Waals surface area contributed by atoms with Crippen molar-refractivity contribution in [2.75, 3.05) is 39.9 Å². The molecule has 3 N–H and O–H groups in total. The van der Waals surface area contributed by atoms with Crippen LogP contribution in [0.5, 0.6) is 0 Å². The number of aliphatic imine (C=N–C) groups is 1. The summed E-state index contributed by atoms with van der Waals surface area (Å²) in [6.07, 6.45) is 3.21. The van der Waals surface area contributed by atoms with Crippen LogP contribution in [0.25, 0.3) is 0 Å². The van der Waals surface area contributed by atoms with E-state index in [1.54, 1.807) is 19.2 Å². The van der Waals surface area contributed by atoms with Crippen molar-refractivity contribution in [2.45, 2.75) is 26.2 Å². The molecule has 1 aromatic rings. The maximum absolute atomic E-state index is 12.0. The Labute approximate surface area is 158 Å². The van der Waals surface area contributed by atoms with Gasteiger partial charge in [-0.3, -0.25) is 9.79 Å². The number of nitrogens with zero attached hydrogens (tertiary/aromatic N) is 1. The number of benzene rings is 1. The van der Waals surface area contributed by atoms with Crippen LogP contribution in [0.3, 0.4) is 0 Å². The lowest BCUT2D eigenvalue weighted by atomic mass is 10.2. The van der Waals surface area contributed by atoms with Gasteiger partial charge in [0.15, 0.2) is 5.96 Å². The minimum Gasteiger partial charge on any atom is -0.381 e. The quantitative estimate of drug-likeness (QED) is 0.296. The monoisotopic (exact) mass is 412 g/mol. The third-order valence-corrected chi connectivity index (χ3v) is 3.91. The van der Waals surface area contributed by atoms with Gasteiger partial charge in [-0.15, -0.1) is 0 Å². The zero-order valence-electron chi connectivity index (χ0n) is 15.1.